The molecule has 3 aromatic carbocycles. The predicted octanol–water partition coefficient (Wildman–Crippen LogP) is 6.71. The van der Waals surface area contributed by atoms with Crippen LogP contribution in [0.1, 0.15) is 44.6 Å². The van der Waals surface area contributed by atoms with Gasteiger partial charge in [-0.25, -0.2) is 8.42 Å². The minimum Gasteiger partial charge on any atom is -0.352 e. The zero-order valence-corrected chi connectivity index (χ0v) is 25.7. The van der Waals surface area contributed by atoms with E-state index >= 15 is 0 Å². The van der Waals surface area contributed by atoms with Crippen molar-refractivity contribution >= 4 is 62.3 Å². The van der Waals surface area contributed by atoms with Crippen LogP contribution in [0.4, 0.5) is 5.69 Å². The highest BCUT2D eigenvalue weighted by molar-refractivity contribution is 7.92. The second kappa shape index (κ2) is 13.9. The van der Waals surface area contributed by atoms with Crippen molar-refractivity contribution in [3.8, 4) is 0 Å². The van der Waals surface area contributed by atoms with Crippen molar-refractivity contribution in [2.45, 2.75) is 62.6 Å². The molecule has 1 N–H and O–H groups in total. The zero-order chi connectivity index (χ0) is 29.6. The van der Waals surface area contributed by atoms with E-state index in [9.17, 15) is 18.0 Å². The van der Waals surface area contributed by atoms with Crippen molar-refractivity contribution < 1.29 is 18.0 Å². The van der Waals surface area contributed by atoms with Gasteiger partial charge in [-0.2, -0.15) is 0 Å². The molecule has 1 aliphatic rings. The predicted molar refractivity (Wildman–Crippen MR) is 164 cm³/mol. The van der Waals surface area contributed by atoms with E-state index in [4.69, 9.17) is 34.8 Å². The van der Waals surface area contributed by atoms with E-state index < -0.39 is 28.5 Å². The van der Waals surface area contributed by atoms with Gasteiger partial charge in [-0.15, -0.1) is 0 Å². The fourth-order valence-electron chi connectivity index (χ4n) is 4.87. The average Bonchev–Trinajstić information content (AvgIpc) is 2.95. The molecule has 0 aromatic heterocycles. The van der Waals surface area contributed by atoms with Gasteiger partial charge in [0.2, 0.25) is 11.8 Å². The van der Waals surface area contributed by atoms with Gasteiger partial charge in [0.15, 0.2) is 0 Å². The molecule has 1 saturated carbocycles. The second-order valence-electron chi connectivity index (χ2n) is 10.1. The third-order valence-corrected chi connectivity index (χ3v) is 9.61. The van der Waals surface area contributed by atoms with E-state index in [2.05, 4.69) is 5.32 Å². The summed E-state index contributed by atoms with van der Waals surface area (Å²) in [6.07, 6.45) is 5.01. The van der Waals surface area contributed by atoms with Crippen molar-refractivity contribution in [2.75, 3.05) is 10.8 Å². The van der Waals surface area contributed by atoms with Crippen LogP contribution in [0.5, 0.6) is 0 Å². The fraction of sp³-hybridized carbons (Fsp3) is 0.333. The summed E-state index contributed by atoms with van der Waals surface area (Å²) in [6, 6.07) is 18.3. The third kappa shape index (κ3) is 8.16. The SMILES string of the molecule is CC(C(=O)NC1CCCCC1)N(Cc1ccc(Cl)cc1)C(=O)CN(c1cc(Cl)cc(Cl)c1)S(=O)(=O)c1ccccc1. The Morgan fingerprint density at radius 1 is 0.878 bits per heavy atom. The van der Waals surface area contributed by atoms with Crippen LogP contribution in [0.15, 0.2) is 77.7 Å². The van der Waals surface area contributed by atoms with Crippen molar-refractivity contribution in [2.24, 2.45) is 0 Å². The first-order valence-corrected chi connectivity index (χ1v) is 16.0. The molecule has 1 aliphatic carbocycles. The smallest absolute Gasteiger partial charge is 0.264 e. The molecule has 0 heterocycles. The molecular weight excluding hydrogens is 605 g/mol. The molecule has 0 bridgehead atoms. The monoisotopic (exact) mass is 635 g/mol. The number of halogens is 3. The molecule has 1 atom stereocenters. The largest absolute Gasteiger partial charge is 0.352 e. The van der Waals surface area contributed by atoms with Gasteiger partial charge in [-0.3, -0.25) is 13.9 Å². The topological polar surface area (TPSA) is 86.8 Å². The first-order chi connectivity index (χ1) is 19.5. The molecule has 2 amide bonds. The Bertz CT molecular complexity index is 1440. The minimum atomic E-state index is -4.21. The normalized spacial score (nSPS) is 14.7. The van der Waals surface area contributed by atoms with Crippen molar-refractivity contribution in [1.82, 2.24) is 10.2 Å². The number of carbonyl (C=O) groups is 2. The molecule has 0 aliphatic heterocycles. The van der Waals surface area contributed by atoms with Crippen LogP contribution in [-0.2, 0) is 26.2 Å². The molecule has 0 spiro atoms. The van der Waals surface area contributed by atoms with Crippen molar-refractivity contribution in [1.29, 1.82) is 0 Å². The summed E-state index contributed by atoms with van der Waals surface area (Å²) in [5, 5.41) is 4.05. The number of anilines is 1. The average molecular weight is 637 g/mol. The van der Waals surface area contributed by atoms with Crippen LogP contribution in [-0.4, -0.2) is 43.8 Å². The van der Waals surface area contributed by atoms with Gasteiger partial charge in [0.25, 0.3) is 10.0 Å². The van der Waals surface area contributed by atoms with Gasteiger partial charge in [0.1, 0.15) is 12.6 Å². The Labute approximate surface area is 256 Å². The fourth-order valence-corrected chi connectivity index (χ4v) is 6.93. The highest BCUT2D eigenvalue weighted by atomic mass is 35.5. The summed E-state index contributed by atoms with van der Waals surface area (Å²) in [4.78, 5) is 28.8. The first kappa shape index (κ1) is 31.2. The van der Waals surface area contributed by atoms with Crippen LogP contribution in [0.25, 0.3) is 0 Å². The number of nitrogens with zero attached hydrogens (tertiary/aromatic N) is 2. The number of hydrogen-bond acceptors (Lipinski definition) is 4. The van der Waals surface area contributed by atoms with Crippen LogP contribution >= 0.6 is 34.8 Å². The molecule has 1 unspecified atom stereocenters. The summed E-state index contributed by atoms with van der Waals surface area (Å²) >= 11 is 18.5. The summed E-state index contributed by atoms with van der Waals surface area (Å²) in [5.41, 5.74) is 0.869. The van der Waals surface area contributed by atoms with Gasteiger partial charge in [-0.05, 0) is 67.8 Å². The molecule has 7 nitrogen and oxygen atoms in total. The third-order valence-electron chi connectivity index (χ3n) is 7.13. The Balaban J connectivity index is 1.68. The van der Waals surface area contributed by atoms with Crippen LogP contribution < -0.4 is 9.62 Å². The lowest BCUT2D eigenvalue weighted by Crippen LogP contribution is -2.53. The molecular formula is C30H32Cl3N3O4S. The number of rotatable bonds is 10. The minimum absolute atomic E-state index is 0.00348. The molecule has 4 rings (SSSR count). The molecule has 1 fully saturated rings. The van der Waals surface area contributed by atoms with Crippen LogP contribution in [0.2, 0.25) is 15.1 Å². The number of hydrogen-bond donors (Lipinski definition) is 1. The Morgan fingerprint density at radius 3 is 2.10 bits per heavy atom. The van der Waals surface area contributed by atoms with Gasteiger partial charge in [0, 0.05) is 27.7 Å². The second-order valence-corrected chi connectivity index (χ2v) is 13.3. The number of carbonyl (C=O) groups excluding carboxylic acids is 2. The Kier molecular flexibility index (Phi) is 10.6. The molecule has 41 heavy (non-hydrogen) atoms. The van der Waals surface area contributed by atoms with Crippen molar-refractivity contribution in [3.05, 3.63) is 93.4 Å². The zero-order valence-electron chi connectivity index (χ0n) is 22.6. The van der Waals surface area contributed by atoms with Crippen LogP contribution in [0, 0.1) is 0 Å². The van der Waals surface area contributed by atoms with E-state index in [1.54, 1.807) is 49.4 Å². The molecule has 11 heteroatoms. The summed E-state index contributed by atoms with van der Waals surface area (Å²) in [6.45, 7) is 1.14. The number of sulfonamides is 1. The van der Waals surface area contributed by atoms with Crippen LogP contribution in [0.3, 0.4) is 0 Å². The lowest BCUT2D eigenvalue weighted by atomic mass is 9.95. The molecule has 0 radical (unpaired) electrons. The molecule has 3 aromatic rings. The van der Waals surface area contributed by atoms with Gasteiger partial charge in [-0.1, -0.05) is 84.4 Å². The number of amides is 2. The molecule has 218 valence electrons. The van der Waals surface area contributed by atoms with E-state index in [0.29, 0.717) is 5.02 Å². The Morgan fingerprint density at radius 2 is 1.49 bits per heavy atom. The summed E-state index contributed by atoms with van der Waals surface area (Å²) in [7, 11) is -4.21. The van der Waals surface area contributed by atoms with E-state index in [-0.39, 0.29) is 39.1 Å². The van der Waals surface area contributed by atoms with E-state index in [1.165, 1.54) is 35.2 Å². The lowest BCUT2D eigenvalue weighted by molar-refractivity contribution is -0.139. The van der Waals surface area contributed by atoms with Gasteiger partial charge in [0.05, 0.1) is 10.6 Å². The van der Waals surface area contributed by atoms with E-state index in [1.807, 2.05) is 0 Å². The van der Waals surface area contributed by atoms with E-state index in [0.717, 1.165) is 42.0 Å². The maximum absolute atomic E-state index is 14.0. The standard InChI is InChI=1S/C30H32Cl3N3O4S/c1-21(30(38)34-26-8-4-2-5-9-26)35(19-22-12-14-23(31)15-13-22)29(37)20-36(27-17-24(32)16-25(33)18-27)41(39,40)28-10-6-3-7-11-28/h3,6-7,10-18,21,26H,2,4-5,8-9,19-20H2,1H3,(H,34,38). The molecule has 0 saturated heterocycles. The summed E-state index contributed by atoms with van der Waals surface area (Å²) in [5.74, 6) is -0.857. The van der Waals surface area contributed by atoms with Crippen molar-refractivity contribution in [3.63, 3.8) is 0 Å². The lowest BCUT2D eigenvalue weighted by Gasteiger charge is -2.33. The van der Waals surface area contributed by atoms with Gasteiger partial charge >= 0.3 is 0 Å². The highest BCUT2D eigenvalue weighted by Crippen LogP contribution is 2.30. The van der Waals surface area contributed by atoms with Gasteiger partial charge < -0.3 is 10.2 Å². The first-order valence-electron chi connectivity index (χ1n) is 13.4. The number of nitrogens with one attached hydrogen (secondary N) is 1. The maximum atomic E-state index is 14.0. The summed E-state index contributed by atoms with van der Waals surface area (Å²) < 4.78 is 28.7. The quantitative estimate of drug-likeness (QED) is 0.268. The number of benzene rings is 3. The Hall–Kier alpha value is -2.78. The highest BCUT2D eigenvalue weighted by Gasteiger charge is 2.33. The maximum Gasteiger partial charge on any atom is 0.264 e.